The van der Waals surface area contributed by atoms with Gasteiger partial charge in [0.2, 0.25) is 0 Å². The minimum Gasteiger partial charge on any atom is -0.333 e. The van der Waals surface area contributed by atoms with E-state index in [1.54, 1.807) is 0 Å². The van der Waals surface area contributed by atoms with Gasteiger partial charge in [0.05, 0.1) is 5.54 Å². The highest BCUT2D eigenvalue weighted by atomic mass is 16.1. The van der Waals surface area contributed by atoms with Crippen molar-refractivity contribution in [1.82, 2.24) is 4.57 Å². The summed E-state index contributed by atoms with van der Waals surface area (Å²) in [6.45, 7) is 5.89. The van der Waals surface area contributed by atoms with E-state index in [0.717, 1.165) is 17.5 Å². The van der Waals surface area contributed by atoms with Crippen molar-refractivity contribution in [2.75, 3.05) is 0 Å². The lowest BCUT2D eigenvalue weighted by Crippen LogP contribution is -2.28. The lowest BCUT2D eigenvalue weighted by Gasteiger charge is -2.23. The van der Waals surface area contributed by atoms with Gasteiger partial charge in [-0.15, -0.1) is 0 Å². The van der Waals surface area contributed by atoms with Gasteiger partial charge in [0.25, 0.3) is 0 Å². The second-order valence-electron chi connectivity index (χ2n) is 4.45. The quantitative estimate of drug-likeness (QED) is 0.685. The maximum absolute atomic E-state index is 11.1. The second-order valence-corrected chi connectivity index (χ2v) is 4.45. The van der Waals surface area contributed by atoms with Crippen molar-refractivity contribution < 1.29 is 4.79 Å². The number of hydrogen-bond acceptors (Lipinski definition) is 1. The van der Waals surface area contributed by atoms with Crippen molar-refractivity contribution in [2.24, 2.45) is 0 Å². The first kappa shape index (κ1) is 9.97. The molecule has 0 saturated carbocycles. The summed E-state index contributed by atoms with van der Waals surface area (Å²) in [5.41, 5.74) is 1.76. The van der Waals surface area contributed by atoms with Crippen molar-refractivity contribution in [2.45, 2.75) is 26.3 Å². The van der Waals surface area contributed by atoms with Crippen LogP contribution in [0.4, 0.5) is 0 Å². The first-order valence-electron chi connectivity index (χ1n) is 5.10. The Morgan fingerprint density at radius 3 is 2.60 bits per heavy atom. The summed E-state index contributed by atoms with van der Waals surface area (Å²) < 4.78 is 2.08. The molecule has 2 aromatic rings. The molecule has 0 bridgehead atoms. The van der Waals surface area contributed by atoms with Crippen LogP contribution in [0, 0.1) is 6.92 Å². The summed E-state index contributed by atoms with van der Waals surface area (Å²) in [4.78, 5) is 11.1. The number of aryl methyl sites for hydroxylation is 1. The monoisotopic (exact) mass is 201 g/mol. The molecule has 0 aliphatic rings. The largest absolute Gasteiger partial charge is 0.333 e. The number of nitrogens with zero attached hydrogens (tertiary/aromatic N) is 1. The van der Waals surface area contributed by atoms with Crippen LogP contribution in [0.25, 0.3) is 10.9 Å². The van der Waals surface area contributed by atoms with E-state index in [-0.39, 0.29) is 0 Å². The molecular weight excluding hydrogens is 186 g/mol. The summed E-state index contributed by atoms with van der Waals surface area (Å²) in [7, 11) is 0. The molecule has 78 valence electrons. The van der Waals surface area contributed by atoms with Crippen LogP contribution in [0.2, 0.25) is 0 Å². The van der Waals surface area contributed by atoms with E-state index in [2.05, 4.69) is 16.7 Å². The fourth-order valence-corrected chi connectivity index (χ4v) is 2.11. The number of aromatic nitrogens is 1. The molecule has 0 fully saturated rings. The summed E-state index contributed by atoms with van der Waals surface area (Å²) >= 11 is 0. The molecule has 1 aromatic carbocycles. The Hall–Kier alpha value is -1.57. The zero-order chi connectivity index (χ0) is 11.1. The number of aldehydes is 1. The van der Waals surface area contributed by atoms with Gasteiger partial charge in [0, 0.05) is 11.2 Å². The highest BCUT2D eigenvalue weighted by Crippen LogP contribution is 2.25. The van der Waals surface area contributed by atoms with Crippen molar-refractivity contribution in [1.29, 1.82) is 0 Å². The molecule has 2 heteroatoms. The minimum atomic E-state index is -0.479. The number of para-hydroxylation sites is 1. The lowest BCUT2D eigenvalue weighted by molar-refractivity contribution is -0.113. The predicted molar refractivity (Wildman–Crippen MR) is 62.1 cm³/mol. The molecule has 2 nitrogen and oxygen atoms in total. The molecule has 2 rings (SSSR count). The van der Waals surface area contributed by atoms with Crippen LogP contribution >= 0.6 is 0 Å². The molecule has 0 atom stereocenters. The summed E-state index contributed by atoms with van der Waals surface area (Å²) in [5, 5.41) is 1.19. The Bertz CT molecular complexity index is 508. The zero-order valence-electron chi connectivity index (χ0n) is 9.32. The van der Waals surface area contributed by atoms with Gasteiger partial charge >= 0.3 is 0 Å². The number of fused-ring (bicyclic) bond motifs is 1. The van der Waals surface area contributed by atoms with Gasteiger partial charge in [0.15, 0.2) is 0 Å². The van der Waals surface area contributed by atoms with Crippen LogP contribution in [-0.2, 0) is 10.3 Å². The fraction of sp³-hybridized carbons (Fsp3) is 0.308. The maximum Gasteiger partial charge on any atom is 0.145 e. The topological polar surface area (TPSA) is 22.0 Å². The van der Waals surface area contributed by atoms with Gasteiger partial charge in [-0.25, -0.2) is 0 Å². The Labute approximate surface area is 89.5 Å². The van der Waals surface area contributed by atoms with Gasteiger partial charge in [-0.2, -0.15) is 0 Å². The Balaban J connectivity index is 2.80. The predicted octanol–water partition coefficient (Wildman–Crippen LogP) is 2.88. The minimum absolute atomic E-state index is 0.479. The SMILES string of the molecule is Cc1cc2ccccc2n1C(C)(C)C=O. The van der Waals surface area contributed by atoms with Crippen LogP contribution in [0.1, 0.15) is 19.5 Å². The standard InChI is InChI=1S/C13H15NO/c1-10-8-11-6-4-5-7-12(11)14(10)13(2,3)9-15/h4-9H,1-3H3. The average Bonchev–Trinajstić information content (AvgIpc) is 2.54. The molecule has 0 aliphatic heterocycles. The van der Waals surface area contributed by atoms with E-state index < -0.39 is 5.54 Å². The fourth-order valence-electron chi connectivity index (χ4n) is 2.11. The highest BCUT2D eigenvalue weighted by molar-refractivity contribution is 5.83. The molecule has 0 spiro atoms. The summed E-state index contributed by atoms with van der Waals surface area (Å²) in [5.74, 6) is 0. The van der Waals surface area contributed by atoms with Gasteiger partial charge in [-0.05, 0) is 38.3 Å². The van der Waals surface area contributed by atoms with E-state index in [1.165, 1.54) is 5.39 Å². The summed E-state index contributed by atoms with van der Waals surface area (Å²) in [6.07, 6.45) is 0.992. The van der Waals surface area contributed by atoms with Crippen molar-refractivity contribution in [3.63, 3.8) is 0 Å². The van der Waals surface area contributed by atoms with E-state index >= 15 is 0 Å². The number of rotatable bonds is 2. The van der Waals surface area contributed by atoms with E-state index in [4.69, 9.17) is 0 Å². The zero-order valence-corrected chi connectivity index (χ0v) is 9.32. The van der Waals surface area contributed by atoms with Crippen LogP contribution in [0.5, 0.6) is 0 Å². The van der Waals surface area contributed by atoms with Crippen LogP contribution in [0.15, 0.2) is 30.3 Å². The van der Waals surface area contributed by atoms with E-state index in [1.807, 2.05) is 39.0 Å². The molecule has 0 saturated heterocycles. The first-order chi connectivity index (χ1) is 7.06. The maximum atomic E-state index is 11.1. The molecule has 1 heterocycles. The molecule has 0 radical (unpaired) electrons. The van der Waals surface area contributed by atoms with Gasteiger partial charge in [-0.3, -0.25) is 0 Å². The Morgan fingerprint density at radius 1 is 1.27 bits per heavy atom. The lowest BCUT2D eigenvalue weighted by atomic mass is 10.1. The number of hydrogen-bond donors (Lipinski definition) is 0. The molecule has 0 aliphatic carbocycles. The smallest absolute Gasteiger partial charge is 0.145 e. The molecule has 0 unspecified atom stereocenters. The third-order valence-electron chi connectivity index (χ3n) is 2.76. The van der Waals surface area contributed by atoms with E-state index in [9.17, 15) is 4.79 Å². The average molecular weight is 201 g/mol. The van der Waals surface area contributed by atoms with Gasteiger partial charge < -0.3 is 9.36 Å². The Kier molecular flexibility index (Phi) is 2.14. The Morgan fingerprint density at radius 2 is 1.93 bits per heavy atom. The van der Waals surface area contributed by atoms with Crippen molar-refractivity contribution in [3.8, 4) is 0 Å². The third kappa shape index (κ3) is 1.46. The van der Waals surface area contributed by atoms with E-state index in [0.29, 0.717) is 0 Å². The van der Waals surface area contributed by atoms with Crippen LogP contribution in [-0.4, -0.2) is 10.9 Å². The first-order valence-corrected chi connectivity index (χ1v) is 5.10. The molecule has 0 amide bonds. The van der Waals surface area contributed by atoms with Crippen LogP contribution < -0.4 is 0 Å². The number of carbonyl (C=O) groups excluding carboxylic acids is 1. The third-order valence-corrected chi connectivity index (χ3v) is 2.76. The van der Waals surface area contributed by atoms with Gasteiger partial charge in [0.1, 0.15) is 6.29 Å². The summed E-state index contributed by atoms with van der Waals surface area (Å²) in [6, 6.07) is 10.2. The molecule has 0 N–H and O–H groups in total. The number of carbonyl (C=O) groups is 1. The molecule has 1 aromatic heterocycles. The molecular formula is C13H15NO. The normalized spacial score (nSPS) is 11.9. The number of benzene rings is 1. The molecule has 15 heavy (non-hydrogen) atoms. The van der Waals surface area contributed by atoms with Crippen molar-refractivity contribution in [3.05, 3.63) is 36.0 Å². The van der Waals surface area contributed by atoms with Crippen molar-refractivity contribution >= 4 is 17.2 Å². The second kappa shape index (κ2) is 3.23. The van der Waals surface area contributed by atoms with Crippen LogP contribution in [0.3, 0.4) is 0 Å². The highest BCUT2D eigenvalue weighted by Gasteiger charge is 2.22. The van der Waals surface area contributed by atoms with Gasteiger partial charge in [-0.1, -0.05) is 18.2 Å².